The summed E-state index contributed by atoms with van der Waals surface area (Å²) in [5.74, 6) is -0.429. The smallest absolute Gasteiger partial charge is 0.228 e. The summed E-state index contributed by atoms with van der Waals surface area (Å²) in [6.07, 6.45) is 0.513. The molecule has 0 aliphatic heterocycles. The average Bonchev–Trinajstić information content (AvgIpc) is 3.43. The molecule has 3 rings (SSSR count). The summed E-state index contributed by atoms with van der Waals surface area (Å²) in [7, 11) is 1.56. The van der Waals surface area contributed by atoms with Crippen LogP contribution in [-0.4, -0.2) is 18.9 Å². The molecular weight excluding hydrogens is 318 g/mol. The van der Waals surface area contributed by atoms with Crippen molar-refractivity contribution in [2.24, 2.45) is 11.8 Å². The van der Waals surface area contributed by atoms with E-state index in [0.29, 0.717) is 29.1 Å². The number of carbonyl (C=O) groups excluding carboxylic acids is 2. The van der Waals surface area contributed by atoms with Crippen molar-refractivity contribution >= 4 is 23.2 Å². The third-order valence-electron chi connectivity index (χ3n) is 4.06. The fourth-order valence-corrected chi connectivity index (χ4v) is 2.61. The molecule has 2 amide bonds. The predicted octanol–water partition coefficient (Wildman–Crippen LogP) is 2.78. The molecule has 2 aromatic carbocycles. The van der Waals surface area contributed by atoms with Crippen LogP contribution < -0.4 is 15.4 Å². The molecular formula is C19H17N3O3. The van der Waals surface area contributed by atoms with E-state index in [9.17, 15) is 9.59 Å². The minimum atomic E-state index is -0.351. The van der Waals surface area contributed by atoms with Gasteiger partial charge in [0, 0.05) is 17.4 Å². The van der Waals surface area contributed by atoms with E-state index in [1.54, 1.807) is 55.6 Å². The van der Waals surface area contributed by atoms with Gasteiger partial charge in [0.15, 0.2) is 0 Å². The van der Waals surface area contributed by atoms with Gasteiger partial charge in [0.1, 0.15) is 5.75 Å². The second kappa shape index (κ2) is 7.05. The number of nitrogens with one attached hydrogen (secondary N) is 2. The van der Waals surface area contributed by atoms with Gasteiger partial charge in [-0.1, -0.05) is 12.1 Å². The molecule has 1 aliphatic rings. The van der Waals surface area contributed by atoms with Crippen molar-refractivity contribution in [1.29, 1.82) is 5.26 Å². The molecule has 2 N–H and O–H groups in total. The number of methoxy groups -OCH3 is 1. The maximum absolute atomic E-state index is 12.3. The maximum Gasteiger partial charge on any atom is 0.228 e. The molecule has 0 radical (unpaired) electrons. The second-order valence-corrected chi connectivity index (χ2v) is 5.85. The molecule has 0 bridgehead atoms. The third-order valence-corrected chi connectivity index (χ3v) is 4.06. The van der Waals surface area contributed by atoms with E-state index in [2.05, 4.69) is 10.6 Å². The number of benzene rings is 2. The Bertz CT molecular complexity index is 857. The number of anilines is 2. The Morgan fingerprint density at radius 3 is 2.24 bits per heavy atom. The summed E-state index contributed by atoms with van der Waals surface area (Å²) in [4.78, 5) is 24.5. The highest BCUT2D eigenvalue weighted by atomic mass is 16.5. The number of rotatable bonds is 5. The maximum atomic E-state index is 12.3. The lowest BCUT2D eigenvalue weighted by Gasteiger charge is -2.07. The fraction of sp³-hybridized carbons (Fsp3) is 0.211. The standard InChI is InChI=1S/C19H17N3O3/c1-25-15-7-3-6-14(9-15)22-19(24)17-10-16(17)18(23)21-13-5-2-4-12(8-13)11-20/h2-9,16-17H,10H2,1H3,(H,21,23)(H,22,24). The molecule has 2 atom stereocenters. The fourth-order valence-electron chi connectivity index (χ4n) is 2.61. The first-order valence-corrected chi connectivity index (χ1v) is 7.86. The summed E-state index contributed by atoms with van der Waals surface area (Å²) >= 11 is 0. The van der Waals surface area contributed by atoms with Crippen LogP contribution in [0.3, 0.4) is 0 Å². The zero-order valence-electron chi connectivity index (χ0n) is 13.7. The first-order valence-electron chi connectivity index (χ1n) is 7.86. The van der Waals surface area contributed by atoms with E-state index < -0.39 is 0 Å². The van der Waals surface area contributed by atoms with Crippen LogP contribution in [0.4, 0.5) is 11.4 Å². The van der Waals surface area contributed by atoms with Gasteiger partial charge in [-0.05, 0) is 36.8 Å². The van der Waals surface area contributed by atoms with Gasteiger partial charge in [-0.25, -0.2) is 0 Å². The van der Waals surface area contributed by atoms with E-state index in [0.717, 1.165) is 0 Å². The van der Waals surface area contributed by atoms with E-state index in [4.69, 9.17) is 10.00 Å². The Hall–Kier alpha value is -3.33. The molecule has 126 valence electrons. The molecule has 1 saturated carbocycles. The molecule has 6 heteroatoms. The van der Waals surface area contributed by atoms with Crippen molar-refractivity contribution < 1.29 is 14.3 Å². The van der Waals surface area contributed by atoms with Crippen LogP contribution in [0.25, 0.3) is 0 Å². The number of hydrogen-bond donors (Lipinski definition) is 2. The summed E-state index contributed by atoms with van der Waals surface area (Å²) in [6.45, 7) is 0. The molecule has 1 fully saturated rings. The first-order chi connectivity index (χ1) is 12.1. The van der Waals surface area contributed by atoms with E-state index in [1.165, 1.54) is 0 Å². The van der Waals surface area contributed by atoms with Crippen LogP contribution in [-0.2, 0) is 9.59 Å². The topological polar surface area (TPSA) is 91.2 Å². The Labute approximate surface area is 145 Å². The number of hydrogen-bond acceptors (Lipinski definition) is 4. The number of ether oxygens (including phenoxy) is 1. The largest absolute Gasteiger partial charge is 0.497 e. The van der Waals surface area contributed by atoms with Crippen molar-refractivity contribution in [2.45, 2.75) is 6.42 Å². The van der Waals surface area contributed by atoms with Crippen molar-refractivity contribution in [3.05, 3.63) is 54.1 Å². The van der Waals surface area contributed by atoms with E-state index in [-0.39, 0.29) is 23.7 Å². The summed E-state index contributed by atoms with van der Waals surface area (Å²) in [6, 6.07) is 15.8. The Balaban J connectivity index is 1.57. The number of nitrogens with zero attached hydrogens (tertiary/aromatic N) is 1. The van der Waals surface area contributed by atoms with Crippen LogP contribution in [0.2, 0.25) is 0 Å². The van der Waals surface area contributed by atoms with Gasteiger partial charge in [-0.2, -0.15) is 5.26 Å². The van der Waals surface area contributed by atoms with Crippen molar-refractivity contribution in [3.63, 3.8) is 0 Å². The normalized spacial score (nSPS) is 17.9. The highest BCUT2D eigenvalue weighted by molar-refractivity contribution is 6.03. The molecule has 25 heavy (non-hydrogen) atoms. The summed E-state index contributed by atoms with van der Waals surface area (Å²) in [5.41, 5.74) is 1.67. The van der Waals surface area contributed by atoms with Gasteiger partial charge >= 0.3 is 0 Å². The van der Waals surface area contributed by atoms with Gasteiger partial charge < -0.3 is 15.4 Å². The van der Waals surface area contributed by atoms with E-state index in [1.807, 2.05) is 6.07 Å². The molecule has 2 unspecified atom stereocenters. The predicted molar refractivity (Wildman–Crippen MR) is 93.0 cm³/mol. The summed E-state index contributed by atoms with van der Waals surface area (Å²) < 4.78 is 5.12. The zero-order valence-corrected chi connectivity index (χ0v) is 13.7. The molecule has 1 aliphatic carbocycles. The lowest BCUT2D eigenvalue weighted by atomic mass is 10.2. The van der Waals surface area contributed by atoms with Gasteiger partial charge in [0.2, 0.25) is 11.8 Å². The molecule has 0 saturated heterocycles. The average molecular weight is 335 g/mol. The first kappa shape index (κ1) is 16.5. The summed E-state index contributed by atoms with van der Waals surface area (Å²) in [5, 5.41) is 14.4. The van der Waals surface area contributed by atoms with Crippen LogP contribution in [0.5, 0.6) is 5.75 Å². The van der Waals surface area contributed by atoms with Crippen molar-refractivity contribution in [1.82, 2.24) is 0 Å². The lowest BCUT2D eigenvalue weighted by molar-refractivity contribution is -0.122. The number of amides is 2. The molecule has 6 nitrogen and oxygen atoms in total. The minimum absolute atomic E-state index is 0.181. The quantitative estimate of drug-likeness (QED) is 0.879. The van der Waals surface area contributed by atoms with Crippen LogP contribution in [0.15, 0.2) is 48.5 Å². The molecule has 0 aromatic heterocycles. The van der Waals surface area contributed by atoms with Crippen molar-refractivity contribution in [2.75, 3.05) is 17.7 Å². The van der Waals surface area contributed by atoms with Crippen LogP contribution >= 0.6 is 0 Å². The molecule has 0 heterocycles. The number of nitriles is 1. The second-order valence-electron chi connectivity index (χ2n) is 5.85. The van der Waals surface area contributed by atoms with Gasteiger partial charge in [-0.15, -0.1) is 0 Å². The van der Waals surface area contributed by atoms with Gasteiger partial charge in [0.05, 0.1) is 30.6 Å². The zero-order chi connectivity index (χ0) is 17.8. The Morgan fingerprint density at radius 2 is 1.64 bits per heavy atom. The minimum Gasteiger partial charge on any atom is -0.497 e. The van der Waals surface area contributed by atoms with Crippen LogP contribution in [0.1, 0.15) is 12.0 Å². The Morgan fingerprint density at radius 1 is 1.04 bits per heavy atom. The monoisotopic (exact) mass is 335 g/mol. The highest BCUT2D eigenvalue weighted by Crippen LogP contribution is 2.40. The van der Waals surface area contributed by atoms with Gasteiger partial charge in [0.25, 0.3) is 0 Å². The van der Waals surface area contributed by atoms with Crippen molar-refractivity contribution in [3.8, 4) is 11.8 Å². The Kier molecular flexibility index (Phi) is 4.66. The number of carbonyl (C=O) groups is 2. The van der Waals surface area contributed by atoms with E-state index >= 15 is 0 Å². The van der Waals surface area contributed by atoms with Crippen LogP contribution in [0, 0.1) is 23.2 Å². The highest BCUT2D eigenvalue weighted by Gasteiger charge is 2.48. The molecule has 0 spiro atoms. The third kappa shape index (κ3) is 3.96. The SMILES string of the molecule is COc1cccc(NC(=O)C2CC2C(=O)Nc2cccc(C#N)c2)c1. The van der Waals surface area contributed by atoms with Gasteiger partial charge in [-0.3, -0.25) is 9.59 Å². The molecule has 2 aromatic rings. The lowest BCUT2D eigenvalue weighted by Crippen LogP contribution is -2.20.